The molecule has 4 heteroatoms. The van der Waals surface area contributed by atoms with Crippen molar-refractivity contribution in [2.45, 2.75) is 69.9 Å². The highest BCUT2D eigenvalue weighted by atomic mass is 16.2. The van der Waals surface area contributed by atoms with Gasteiger partial charge in [-0.2, -0.15) is 0 Å². The van der Waals surface area contributed by atoms with E-state index in [0.717, 1.165) is 25.9 Å². The normalized spacial score (nSPS) is 35.1. The average Bonchev–Trinajstić information content (AvgIpc) is 3.04. The topological polar surface area (TPSA) is 49.6 Å². The zero-order valence-electron chi connectivity index (χ0n) is 13.3. The number of likely N-dealkylation sites (tertiary alicyclic amines) is 2. The quantitative estimate of drug-likeness (QED) is 0.865. The van der Waals surface area contributed by atoms with Crippen LogP contribution in [0.2, 0.25) is 0 Å². The maximum absolute atomic E-state index is 12.6. The molecule has 0 aromatic rings. The minimum atomic E-state index is 0.252. The number of nitrogens with zero attached hydrogens (tertiary/aromatic N) is 2. The summed E-state index contributed by atoms with van der Waals surface area (Å²) < 4.78 is 0. The van der Waals surface area contributed by atoms with Gasteiger partial charge in [-0.25, -0.2) is 0 Å². The number of hydrogen-bond donors (Lipinski definition) is 1. The Morgan fingerprint density at radius 3 is 2.48 bits per heavy atom. The Morgan fingerprint density at radius 2 is 1.71 bits per heavy atom. The zero-order valence-corrected chi connectivity index (χ0v) is 13.3. The fraction of sp³-hybridized carbons (Fsp3) is 0.941. The molecule has 3 rings (SSSR count). The van der Waals surface area contributed by atoms with E-state index < -0.39 is 0 Å². The van der Waals surface area contributed by atoms with Crippen LogP contribution in [0.1, 0.15) is 57.8 Å². The summed E-state index contributed by atoms with van der Waals surface area (Å²) >= 11 is 0. The van der Waals surface area contributed by atoms with Crippen LogP contribution in [0.3, 0.4) is 0 Å². The number of nitrogens with two attached hydrogens (primary N) is 1. The standard InChI is InChI=1S/C17H31N3O/c18-16-8-2-1-6-14(16)12-17(21)20-11-5-7-15(13-20)19-9-3-4-10-19/h14-16H,1-13,18H2. The van der Waals surface area contributed by atoms with E-state index in [1.807, 2.05) is 0 Å². The molecule has 0 aromatic carbocycles. The Morgan fingerprint density at radius 1 is 0.952 bits per heavy atom. The van der Waals surface area contributed by atoms with E-state index >= 15 is 0 Å². The Hall–Kier alpha value is -0.610. The van der Waals surface area contributed by atoms with Crippen molar-refractivity contribution in [3.63, 3.8) is 0 Å². The number of piperidine rings is 1. The molecule has 120 valence electrons. The second-order valence-corrected chi connectivity index (χ2v) is 7.29. The van der Waals surface area contributed by atoms with Gasteiger partial charge in [-0.1, -0.05) is 12.8 Å². The summed E-state index contributed by atoms with van der Waals surface area (Å²) in [6, 6.07) is 0.868. The average molecular weight is 293 g/mol. The third-order valence-electron chi connectivity index (χ3n) is 5.81. The van der Waals surface area contributed by atoms with Gasteiger partial charge in [0.05, 0.1) is 0 Å². The van der Waals surface area contributed by atoms with Crippen molar-refractivity contribution >= 4 is 5.91 Å². The molecule has 2 saturated heterocycles. The summed E-state index contributed by atoms with van der Waals surface area (Å²) in [6.45, 7) is 4.40. The van der Waals surface area contributed by atoms with Crippen LogP contribution in [-0.2, 0) is 4.79 Å². The zero-order chi connectivity index (χ0) is 14.7. The molecule has 0 radical (unpaired) electrons. The minimum Gasteiger partial charge on any atom is -0.341 e. The molecule has 1 aliphatic carbocycles. The summed E-state index contributed by atoms with van der Waals surface area (Å²) in [6.07, 6.45) is 10.5. The number of carbonyl (C=O) groups is 1. The second-order valence-electron chi connectivity index (χ2n) is 7.29. The van der Waals surface area contributed by atoms with Crippen molar-refractivity contribution in [2.24, 2.45) is 11.7 Å². The summed E-state index contributed by atoms with van der Waals surface area (Å²) in [5.41, 5.74) is 6.20. The first-order chi connectivity index (χ1) is 10.2. The number of hydrogen-bond acceptors (Lipinski definition) is 3. The monoisotopic (exact) mass is 293 g/mol. The van der Waals surface area contributed by atoms with E-state index in [1.165, 1.54) is 51.6 Å². The van der Waals surface area contributed by atoms with Crippen LogP contribution in [0.4, 0.5) is 0 Å². The summed E-state index contributed by atoms with van der Waals surface area (Å²) in [5.74, 6) is 0.791. The molecule has 3 atom stereocenters. The van der Waals surface area contributed by atoms with Gasteiger partial charge in [-0.15, -0.1) is 0 Å². The fourth-order valence-electron chi connectivity index (χ4n) is 4.43. The lowest BCUT2D eigenvalue weighted by Crippen LogP contribution is -2.49. The maximum Gasteiger partial charge on any atom is 0.222 e. The molecule has 1 amide bonds. The van der Waals surface area contributed by atoms with Gasteiger partial charge in [0.1, 0.15) is 0 Å². The van der Waals surface area contributed by atoms with E-state index in [-0.39, 0.29) is 6.04 Å². The maximum atomic E-state index is 12.6. The molecule has 0 spiro atoms. The van der Waals surface area contributed by atoms with Gasteiger partial charge in [0.15, 0.2) is 0 Å². The van der Waals surface area contributed by atoms with Crippen LogP contribution < -0.4 is 5.73 Å². The SMILES string of the molecule is NC1CCCCC1CC(=O)N1CCCC(N2CCCC2)C1. The van der Waals surface area contributed by atoms with Crippen molar-refractivity contribution in [3.05, 3.63) is 0 Å². The third kappa shape index (κ3) is 3.78. The van der Waals surface area contributed by atoms with Gasteiger partial charge in [0.2, 0.25) is 5.91 Å². The van der Waals surface area contributed by atoms with Crippen LogP contribution in [0, 0.1) is 5.92 Å². The van der Waals surface area contributed by atoms with Crippen molar-refractivity contribution in [2.75, 3.05) is 26.2 Å². The molecule has 3 aliphatic rings. The highest BCUT2D eigenvalue weighted by molar-refractivity contribution is 5.76. The molecule has 1 saturated carbocycles. The molecule has 4 nitrogen and oxygen atoms in total. The van der Waals surface area contributed by atoms with Gasteiger partial charge < -0.3 is 10.6 Å². The molecular formula is C17H31N3O. The summed E-state index contributed by atoms with van der Waals surface area (Å²) in [7, 11) is 0. The van der Waals surface area contributed by atoms with E-state index in [0.29, 0.717) is 24.3 Å². The number of carbonyl (C=O) groups excluding carboxylic acids is 1. The predicted octanol–water partition coefficient (Wildman–Crippen LogP) is 1.98. The molecular weight excluding hydrogens is 262 g/mol. The molecule has 2 N–H and O–H groups in total. The highest BCUT2D eigenvalue weighted by Gasteiger charge is 2.31. The van der Waals surface area contributed by atoms with Crippen LogP contribution in [0.25, 0.3) is 0 Å². The van der Waals surface area contributed by atoms with Gasteiger partial charge in [0.25, 0.3) is 0 Å². The first-order valence-corrected chi connectivity index (χ1v) is 9.01. The summed E-state index contributed by atoms with van der Waals surface area (Å²) in [4.78, 5) is 17.4. The van der Waals surface area contributed by atoms with Crippen LogP contribution in [0.5, 0.6) is 0 Å². The van der Waals surface area contributed by atoms with Crippen molar-refractivity contribution in [1.29, 1.82) is 0 Å². The molecule has 3 unspecified atom stereocenters. The van der Waals surface area contributed by atoms with Gasteiger partial charge >= 0.3 is 0 Å². The molecule has 0 bridgehead atoms. The predicted molar refractivity (Wildman–Crippen MR) is 85.0 cm³/mol. The van der Waals surface area contributed by atoms with Crippen LogP contribution in [-0.4, -0.2) is 54.0 Å². The number of amides is 1. The lowest BCUT2D eigenvalue weighted by Gasteiger charge is -2.38. The van der Waals surface area contributed by atoms with Crippen LogP contribution in [0.15, 0.2) is 0 Å². The van der Waals surface area contributed by atoms with Gasteiger partial charge in [-0.05, 0) is 57.5 Å². The van der Waals surface area contributed by atoms with E-state index in [4.69, 9.17) is 5.73 Å². The van der Waals surface area contributed by atoms with Gasteiger partial charge in [-0.3, -0.25) is 9.69 Å². The molecule has 2 heterocycles. The molecule has 0 aromatic heterocycles. The lowest BCUT2D eigenvalue weighted by atomic mass is 9.82. The van der Waals surface area contributed by atoms with E-state index in [1.54, 1.807) is 0 Å². The Kier molecular flexibility index (Phi) is 5.17. The first-order valence-electron chi connectivity index (χ1n) is 9.01. The van der Waals surface area contributed by atoms with Crippen LogP contribution >= 0.6 is 0 Å². The second kappa shape index (κ2) is 7.10. The van der Waals surface area contributed by atoms with Crippen molar-refractivity contribution in [1.82, 2.24) is 9.80 Å². The minimum absolute atomic E-state index is 0.252. The van der Waals surface area contributed by atoms with Gasteiger partial charge in [0, 0.05) is 31.6 Å². The lowest BCUT2D eigenvalue weighted by molar-refractivity contribution is -0.134. The number of rotatable bonds is 3. The first kappa shape index (κ1) is 15.3. The van der Waals surface area contributed by atoms with Crippen molar-refractivity contribution < 1.29 is 4.79 Å². The fourth-order valence-corrected chi connectivity index (χ4v) is 4.43. The summed E-state index contributed by atoms with van der Waals surface area (Å²) in [5, 5.41) is 0. The Balaban J connectivity index is 1.51. The Bertz CT molecular complexity index is 354. The largest absolute Gasteiger partial charge is 0.341 e. The third-order valence-corrected chi connectivity index (χ3v) is 5.81. The van der Waals surface area contributed by atoms with E-state index in [9.17, 15) is 4.79 Å². The van der Waals surface area contributed by atoms with E-state index in [2.05, 4.69) is 9.80 Å². The molecule has 21 heavy (non-hydrogen) atoms. The smallest absolute Gasteiger partial charge is 0.222 e. The Labute approximate surface area is 129 Å². The molecule has 2 aliphatic heterocycles. The molecule has 3 fully saturated rings. The van der Waals surface area contributed by atoms with Crippen molar-refractivity contribution in [3.8, 4) is 0 Å². The highest BCUT2D eigenvalue weighted by Crippen LogP contribution is 2.27.